The van der Waals surface area contributed by atoms with Gasteiger partial charge in [-0.3, -0.25) is 0 Å². The lowest BCUT2D eigenvalue weighted by Crippen LogP contribution is -2.50. The Balaban J connectivity index is 1.46. The molecule has 0 amide bonds. The molecule has 2 aromatic rings. The van der Waals surface area contributed by atoms with Gasteiger partial charge in [0.25, 0.3) is 0 Å². The van der Waals surface area contributed by atoms with Crippen LogP contribution in [0.5, 0.6) is 5.75 Å². The summed E-state index contributed by atoms with van der Waals surface area (Å²) in [5, 5.41) is 15.5. The quantitative estimate of drug-likeness (QED) is 0.180. The Hall–Kier alpha value is -2.63. The number of hydrogen-bond acceptors (Lipinski definition) is 7. The first-order chi connectivity index (χ1) is 22.7. The lowest BCUT2D eigenvalue weighted by atomic mass is 9.67. The molecule has 5 rings (SSSR count). The molecule has 1 aliphatic heterocycles. The molecule has 48 heavy (non-hydrogen) atoms. The monoisotopic (exact) mass is 702 g/mol. The number of anilines is 1. The minimum absolute atomic E-state index is 0.0332. The highest BCUT2D eigenvalue weighted by Crippen LogP contribution is 2.47. The van der Waals surface area contributed by atoms with Gasteiger partial charge in [0.15, 0.2) is 0 Å². The summed E-state index contributed by atoms with van der Waals surface area (Å²) in [6, 6.07) is 11.4. The zero-order chi connectivity index (χ0) is 34.8. The maximum atomic E-state index is 12.1. The molecule has 3 N–H and O–H groups in total. The molecule has 1 fully saturated rings. The second-order valence-corrected chi connectivity index (χ2v) is 16.7. The minimum atomic E-state index is -3.66. The Morgan fingerprint density at radius 2 is 1.96 bits per heavy atom. The fourth-order valence-electron chi connectivity index (χ4n) is 7.99. The maximum absolute atomic E-state index is 12.1. The highest BCUT2D eigenvalue weighted by molar-refractivity contribution is 7.89. The van der Waals surface area contributed by atoms with Crippen LogP contribution in [0.1, 0.15) is 74.9 Å². The molecule has 2 aromatic carbocycles. The normalized spacial score (nSPS) is 25.1. The molecule has 264 valence electrons. The average molecular weight is 703 g/mol. The fourth-order valence-corrected chi connectivity index (χ4v) is 9.03. The highest BCUT2D eigenvalue weighted by Gasteiger charge is 2.45. The largest absolute Gasteiger partial charge is 0.490 e. The standard InChI is InChI=1S/C37H51ClN2O7S/c1-23(25(3)26(4)48(39,43)44)17-24(2)35(46-16-15-45-5)31-11-8-29(31)20-40-21-37(14-6-7-27-18-30(38)10-12-32(27)37)22-47-34-13-9-28(36(41)42)19-33(34)40/h9-10,12-13,17-19,23,25-26,29,31,35H,6-8,11,14-16,20-22H2,1-5H3,(H,41,42)(H2,39,43,44)/b24-17+/t23?,25-,26+,29-,31+,35-,37-/m0/s1. The summed E-state index contributed by atoms with van der Waals surface area (Å²) >= 11 is 6.43. The summed E-state index contributed by atoms with van der Waals surface area (Å²) in [5.74, 6) is 0.0250. The van der Waals surface area contributed by atoms with Crippen LogP contribution in [-0.2, 0) is 31.3 Å². The smallest absolute Gasteiger partial charge is 0.335 e. The van der Waals surface area contributed by atoms with Crippen molar-refractivity contribution in [3.8, 4) is 5.75 Å². The molecule has 11 heteroatoms. The first kappa shape index (κ1) is 36.6. The molecule has 2 aliphatic carbocycles. The number of carbonyl (C=O) groups is 1. The van der Waals surface area contributed by atoms with Crippen LogP contribution in [0.15, 0.2) is 48.0 Å². The third kappa shape index (κ3) is 7.88. The lowest BCUT2D eigenvalue weighted by molar-refractivity contribution is -0.0369. The van der Waals surface area contributed by atoms with Gasteiger partial charge in [0.1, 0.15) is 5.75 Å². The third-order valence-corrected chi connectivity index (χ3v) is 13.0. The number of nitrogens with zero attached hydrogens (tertiary/aromatic N) is 1. The number of primary sulfonamides is 1. The number of carboxylic acid groups (broad SMARTS) is 1. The van der Waals surface area contributed by atoms with Crippen LogP contribution in [0.2, 0.25) is 5.02 Å². The number of carboxylic acids is 1. The van der Waals surface area contributed by atoms with Crippen LogP contribution in [0.4, 0.5) is 5.69 Å². The van der Waals surface area contributed by atoms with E-state index in [-0.39, 0.29) is 40.8 Å². The van der Waals surface area contributed by atoms with Gasteiger partial charge in [0, 0.05) is 30.6 Å². The number of aryl methyl sites for hydroxylation is 1. The number of halogens is 1. The number of hydrogen-bond donors (Lipinski definition) is 2. The first-order valence-corrected chi connectivity index (χ1v) is 19.1. The van der Waals surface area contributed by atoms with Gasteiger partial charge in [0.05, 0.1) is 42.4 Å². The van der Waals surface area contributed by atoms with E-state index in [1.165, 1.54) is 11.1 Å². The van der Waals surface area contributed by atoms with Crippen molar-refractivity contribution in [2.45, 2.75) is 76.6 Å². The van der Waals surface area contributed by atoms with Crippen molar-refractivity contribution in [2.75, 3.05) is 44.9 Å². The van der Waals surface area contributed by atoms with E-state index in [4.69, 9.17) is 31.0 Å². The van der Waals surface area contributed by atoms with E-state index in [0.717, 1.165) is 54.9 Å². The number of benzene rings is 2. The van der Waals surface area contributed by atoms with Gasteiger partial charge in [0.2, 0.25) is 10.0 Å². The van der Waals surface area contributed by atoms with Gasteiger partial charge < -0.3 is 24.2 Å². The Morgan fingerprint density at radius 1 is 1.19 bits per heavy atom. The molecular weight excluding hydrogens is 652 g/mol. The maximum Gasteiger partial charge on any atom is 0.335 e. The van der Waals surface area contributed by atoms with E-state index in [2.05, 4.69) is 30.0 Å². The number of rotatable bonds is 13. The third-order valence-electron chi connectivity index (χ3n) is 11.3. The first-order valence-electron chi connectivity index (χ1n) is 17.1. The molecule has 1 saturated carbocycles. The number of fused-ring (bicyclic) bond motifs is 3. The zero-order valence-electron chi connectivity index (χ0n) is 28.8. The second kappa shape index (κ2) is 15.1. The van der Waals surface area contributed by atoms with Crippen LogP contribution in [0, 0.1) is 23.7 Å². The van der Waals surface area contributed by atoms with Crippen molar-refractivity contribution < 1.29 is 32.5 Å². The van der Waals surface area contributed by atoms with Crippen LogP contribution in [0.25, 0.3) is 0 Å². The summed E-state index contributed by atoms with van der Waals surface area (Å²) in [6.45, 7) is 10.5. The summed E-state index contributed by atoms with van der Waals surface area (Å²) in [6.07, 6.45) is 6.93. The number of methoxy groups -OCH3 is 1. The van der Waals surface area contributed by atoms with Crippen LogP contribution < -0.4 is 14.8 Å². The summed E-state index contributed by atoms with van der Waals surface area (Å²) < 4.78 is 42.6. The fraction of sp³-hybridized carbons (Fsp3) is 0.595. The van der Waals surface area contributed by atoms with E-state index in [1.54, 1.807) is 32.2 Å². The van der Waals surface area contributed by atoms with Crippen molar-refractivity contribution in [1.82, 2.24) is 0 Å². The van der Waals surface area contributed by atoms with Crippen molar-refractivity contribution in [1.29, 1.82) is 0 Å². The molecule has 0 saturated heterocycles. The highest BCUT2D eigenvalue weighted by atomic mass is 35.5. The van der Waals surface area contributed by atoms with E-state index < -0.39 is 21.2 Å². The lowest BCUT2D eigenvalue weighted by Gasteiger charge is -2.47. The van der Waals surface area contributed by atoms with Gasteiger partial charge in [-0.15, -0.1) is 0 Å². The van der Waals surface area contributed by atoms with E-state index in [0.29, 0.717) is 32.1 Å². The number of ether oxygens (including phenoxy) is 3. The van der Waals surface area contributed by atoms with Crippen molar-refractivity contribution >= 4 is 33.3 Å². The number of nitrogens with two attached hydrogens (primary N) is 1. The summed E-state index contributed by atoms with van der Waals surface area (Å²) in [5.41, 5.74) is 4.36. The van der Waals surface area contributed by atoms with Gasteiger partial charge in [-0.25, -0.2) is 18.4 Å². The average Bonchev–Trinajstić information content (AvgIpc) is 3.18. The molecule has 0 radical (unpaired) electrons. The van der Waals surface area contributed by atoms with E-state index in [9.17, 15) is 18.3 Å². The van der Waals surface area contributed by atoms with Crippen molar-refractivity contribution in [3.63, 3.8) is 0 Å². The van der Waals surface area contributed by atoms with Crippen molar-refractivity contribution in [3.05, 3.63) is 69.8 Å². The predicted molar refractivity (Wildman–Crippen MR) is 190 cm³/mol. The number of allylic oxidation sites excluding steroid dienone is 1. The van der Waals surface area contributed by atoms with Gasteiger partial charge in [-0.2, -0.15) is 0 Å². The minimum Gasteiger partial charge on any atom is -0.490 e. The molecular formula is C37H51ClN2O7S. The van der Waals surface area contributed by atoms with Gasteiger partial charge >= 0.3 is 5.97 Å². The van der Waals surface area contributed by atoms with Crippen LogP contribution in [-0.4, -0.2) is 70.9 Å². The molecule has 3 aliphatic rings. The molecule has 1 spiro atoms. The van der Waals surface area contributed by atoms with Crippen LogP contribution >= 0.6 is 11.6 Å². The predicted octanol–water partition coefficient (Wildman–Crippen LogP) is 6.46. The summed E-state index contributed by atoms with van der Waals surface area (Å²) in [7, 11) is -2.00. The molecule has 1 unspecified atom stereocenters. The molecule has 7 atom stereocenters. The second-order valence-electron chi connectivity index (χ2n) is 14.3. The zero-order valence-corrected chi connectivity index (χ0v) is 30.4. The Morgan fingerprint density at radius 3 is 2.62 bits per heavy atom. The Kier molecular flexibility index (Phi) is 11.5. The van der Waals surface area contributed by atoms with E-state index >= 15 is 0 Å². The molecule has 1 heterocycles. The summed E-state index contributed by atoms with van der Waals surface area (Å²) in [4.78, 5) is 14.4. The van der Waals surface area contributed by atoms with Gasteiger partial charge in [-0.05, 0) is 117 Å². The molecule has 0 aromatic heterocycles. The van der Waals surface area contributed by atoms with Gasteiger partial charge in [-0.1, -0.05) is 37.6 Å². The van der Waals surface area contributed by atoms with Crippen LogP contribution in [0.3, 0.4) is 0 Å². The SMILES string of the molecule is COCCO[C@@H](/C(C)=C/C(C)[C@H](C)[C@@H](C)S(N)(=O)=O)[C@@H]1CC[C@H]1CN1C[C@@]2(CCCc3cc(Cl)ccc32)COc2ccc(C(=O)O)cc21. The Labute approximate surface area is 290 Å². The Bertz CT molecular complexity index is 1610. The van der Waals surface area contributed by atoms with Crippen molar-refractivity contribution in [2.24, 2.45) is 28.8 Å². The topological polar surface area (TPSA) is 128 Å². The molecule has 9 nitrogen and oxygen atoms in total. The van der Waals surface area contributed by atoms with E-state index in [1.807, 2.05) is 19.9 Å². The molecule has 0 bridgehead atoms. The number of aromatic carboxylic acids is 1. The number of sulfonamides is 1.